The Morgan fingerprint density at radius 2 is 1.88 bits per heavy atom. The summed E-state index contributed by atoms with van der Waals surface area (Å²) in [5.74, 6) is 2.25. The van der Waals surface area contributed by atoms with Crippen molar-refractivity contribution in [2.75, 3.05) is 0 Å². The van der Waals surface area contributed by atoms with Crippen molar-refractivity contribution in [3.8, 4) is 18.1 Å². The van der Waals surface area contributed by atoms with E-state index in [9.17, 15) is 13.2 Å². The SMILES string of the molecule is C#CC(C)(C)c1cccc(OC(F)(F)F)c1. The predicted molar refractivity (Wildman–Crippen MR) is 55.0 cm³/mol. The van der Waals surface area contributed by atoms with Crippen molar-refractivity contribution in [3.63, 3.8) is 0 Å². The Balaban J connectivity index is 3.02. The second-order valence-electron chi connectivity index (χ2n) is 3.84. The molecule has 0 N–H and O–H groups in total. The van der Waals surface area contributed by atoms with Gasteiger partial charge in [-0.1, -0.05) is 18.1 Å². The quantitative estimate of drug-likeness (QED) is 0.704. The first-order chi connectivity index (χ1) is 7.24. The number of rotatable bonds is 2. The van der Waals surface area contributed by atoms with Crippen molar-refractivity contribution in [1.29, 1.82) is 0 Å². The molecule has 86 valence electrons. The summed E-state index contributed by atoms with van der Waals surface area (Å²) in [5, 5.41) is 0. The van der Waals surface area contributed by atoms with Crippen LogP contribution in [-0.2, 0) is 5.41 Å². The van der Waals surface area contributed by atoms with E-state index in [4.69, 9.17) is 6.42 Å². The normalized spacial score (nSPS) is 12.0. The maximum Gasteiger partial charge on any atom is 0.573 e. The number of hydrogen-bond donors (Lipinski definition) is 0. The van der Waals surface area contributed by atoms with Gasteiger partial charge in [-0.2, -0.15) is 0 Å². The van der Waals surface area contributed by atoms with Crippen molar-refractivity contribution in [3.05, 3.63) is 29.8 Å². The van der Waals surface area contributed by atoms with Crippen LogP contribution < -0.4 is 4.74 Å². The number of benzene rings is 1. The van der Waals surface area contributed by atoms with Gasteiger partial charge in [-0.3, -0.25) is 0 Å². The maximum atomic E-state index is 12.0. The second kappa shape index (κ2) is 4.09. The average Bonchev–Trinajstić information content (AvgIpc) is 2.15. The average molecular weight is 228 g/mol. The predicted octanol–water partition coefficient (Wildman–Crippen LogP) is 3.50. The van der Waals surface area contributed by atoms with E-state index in [2.05, 4.69) is 10.7 Å². The molecule has 0 aliphatic heterocycles. The molecule has 0 saturated heterocycles. The molecular formula is C12H11F3O. The topological polar surface area (TPSA) is 9.23 Å². The van der Waals surface area contributed by atoms with Crippen molar-refractivity contribution in [1.82, 2.24) is 0 Å². The van der Waals surface area contributed by atoms with Gasteiger partial charge in [-0.25, -0.2) is 0 Å². The van der Waals surface area contributed by atoms with Gasteiger partial charge >= 0.3 is 6.36 Å². The Morgan fingerprint density at radius 1 is 1.25 bits per heavy atom. The lowest BCUT2D eigenvalue weighted by molar-refractivity contribution is -0.274. The van der Waals surface area contributed by atoms with Crippen LogP contribution in [0.5, 0.6) is 5.75 Å². The number of halogens is 3. The second-order valence-corrected chi connectivity index (χ2v) is 3.84. The molecule has 0 amide bonds. The highest BCUT2D eigenvalue weighted by atomic mass is 19.4. The number of terminal acetylenes is 1. The molecule has 1 nitrogen and oxygen atoms in total. The Hall–Kier alpha value is -1.63. The molecule has 0 aliphatic carbocycles. The first kappa shape index (κ1) is 12.4. The van der Waals surface area contributed by atoms with Gasteiger partial charge in [-0.15, -0.1) is 19.6 Å². The maximum absolute atomic E-state index is 12.0. The summed E-state index contributed by atoms with van der Waals surface area (Å²) in [6.07, 6.45) is 0.621. The highest BCUT2D eigenvalue weighted by molar-refractivity contribution is 5.37. The van der Waals surface area contributed by atoms with Gasteiger partial charge in [0.05, 0.1) is 5.41 Å². The molecule has 0 bridgehead atoms. The van der Waals surface area contributed by atoms with E-state index in [0.29, 0.717) is 5.56 Å². The Labute approximate surface area is 92.2 Å². The molecule has 16 heavy (non-hydrogen) atoms. The molecule has 0 heterocycles. The fourth-order valence-electron chi connectivity index (χ4n) is 1.17. The molecule has 0 saturated carbocycles. The molecular weight excluding hydrogens is 217 g/mol. The van der Waals surface area contributed by atoms with Crippen LogP contribution in [-0.4, -0.2) is 6.36 Å². The lowest BCUT2D eigenvalue weighted by atomic mass is 9.86. The van der Waals surface area contributed by atoms with Gasteiger partial charge in [0.15, 0.2) is 0 Å². The van der Waals surface area contributed by atoms with Gasteiger partial charge in [-0.05, 0) is 31.5 Å². The minimum Gasteiger partial charge on any atom is -0.406 e. The van der Waals surface area contributed by atoms with Crippen LogP contribution in [0.4, 0.5) is 13.2 Å². The summed E-state index contributed by atoms with van der Waals surface area (Å²) in [7, 11) is 0. The van der Waals surface area contributed by atoms with Crippen molar-refractivity contribution in [2.45, 2.75) is 25.6 Å². The van der Waals surface area contributed by atoms with Crippen LogP contribution in [0.1, 0.15) is 19.4 Å². The molecule has 4 heteroatoms. The van der Waals surface area contributed by atoms with E-state index in [1.54, 1.807) is 19.9 Å². The standard InChI is InChI=1S/C12H11F3O/c1-4-11(2,3)9-6-5-7-10(8-9)16-12(13,14)15/h1,5-8H,2-3H3. The molecule has 1 aromatic carbocycles. The van der Waals surface area contributed by atoms with Crippen LogP contribution >= 0.6 is 0 Å². The van der Waals surface area contributed by atoms with Gasteiger partial charge in [0, 0.05) is 0 Å². The van der Waals surface area contributed by atoms with Crippen molar-refractivity contribution >= 4 is 0 Å². The highest BCUT2D eigenvalue weighted by Crippen LogP contribution is 2.28. The molecule has 1 aromatic rings. The van der Waals surface area contributed by atoms with Gasteiger partial charge in [0.1, 0.15) is 5.75 Å². The first-order valence-corrected chi connectivity index (χ1v) is 4.59. The Kier molecular flexibility index (Phi) is 3.18. The van der Waals surface area contributed by atoms with Gasteiger partial charge < -0.3 is 4.74 Å². The Bertz CT molecular complexity index is 413. The lowest BCUT2D eigenvalue weighted by Gasteiger charge is -2.19. The van der Waals surface area contributed by atoms with E-state index in [0.717, 1.165) is 0 Å². The van der Waals surface area contributed by atoms with Crippen LogP contribution in [0.15, 0.2) is 24.3 Å². The van der Waals surface area contributed by atoms with Crippen LogP contribution in [0.3, 0.4) is 0 Å². The molecule has 0 unspecified atom stereocenters. The fraction of sp³-hybridized carbons (Fsp3) is 0.333. The van der Waals surface area contributed by atoms with E-state index in [1.165, 1.54) is 18.2 Å². The van der Waals surface area contributed by atoms with E-state index in [1.807, 2.05) is 0 Å². The third-order valence-electron chi connectivity index (χ3n) is 2.15. The summed E-state index contributed by atoms with van der Waals surface area (Å²) in [5.41, 5.74) is -0.0120. The minimum absolute atomic E-state index is 0.256. The highest BCUT2D eigenvalue weighted by Gasteiger charge is 2.31. The summed E-state index contributed by atoms with van der Waals surface area (Å²) < 4.78 is 39.8. The first-order valence-electron chi connectivity index (χ1n) is 4.59. The molecule has 0 spiro atoms. The zero-order valence-corrected chi connectivity index (χ0v) is 8.93. The lowest BCUT2D eigenvalue weighted by Crippen LogP contribution is -2.18. The molecule has 0 radical (unpaired) electrons. The molecule has 0 aromatic heterocycles. The van der Waals surface area contributed by atoms with E-state index >= 15 is 0 Å². The zero-order valence-electron chi connectivity index (χ0n) is 8.93. The largest absolute Gasteiger partial charge is 0.573 e. The minimum atomic E-state index is -4.68. The fourth-order valence-corrected chi connectivity index (χ4v) is 1.17. The molecule has 1 rings (SSSR count). The Morgan fingerprint density at radius 3 is 2.38 bits per heavy atom. The summed E-state index contributed by atoms with van der Waals surface area (Å²) in [4.78, 5) is 0. The summed E-state index contributed by atoms with van der Waals surface area (Å²) in [6, 6.07) is 5.69. The van der Waals surface area contributed by atoms with Crippen molar-refractivity contribution in [2.24, 2.45) is 0 Å². The molecule has 0 fully saturated rings. The van der Waals surface area contributed by atoms with Gasteiger partial charge in [0.25, 0.3) is 0 Å². The number of hydrogen-bond acceptors (Lipinski definition) is 1. The van der Waals surface area contributed by atoms with Gasteiger partial charge in [0.2, 0.25) is 0 Å². The van der Waals surface area contributed by atoms with Crippen LogP contribution in [0, 0.1) is 12.3 Å². The van der Waals surface area contributed by atoms with E-state index < -0.39 is 11.8 Å². The summed E-state index contributed by atoms with van der Waals surface area (Å²) >= 11 is 0. The number of alkyl halides is 3. The molecule has 0 atom stereocenters. The molecule has 0 aliphatic rings. The van der Waals surface area contributed by atoms with Crippen LogP contribution in [0.2, 0.25) is 0 Å². The van der Waals surface area contributed by atoms with Crippen molar-refractivity contribution < 1.29 is 17.9 Å². The summed E-state index contributed by atoms with van der Waals surface area (Å²) in [6.45, 7) is 3.50. The third-order valence-corrected chi connectivity index (χ3v) is 2.15. The smallest absolute Gasteiger partial charge is 0.406 e. The van der Waals surface area contributed by atoms with Crippen LogP contribution in [0.25, 0.3) is 0 Å². The third kappa shape index (κ3) is 3.20. The van der Waals surface area contributed by atoms with E-state index in [-0.39, 0.29) is 5.75 Å². The number of ether oxygens (including phenoxy) is 1. The monoisotopic (exact) mass is 228 g/mol. The zero-order chi connectivity index (χ0) is 12.4.